The summed E-state index contributed by atoms with van der Waals surface area (Å²) in [5.74, 6) is 0.789. The van der Waals surface area contributed by atoms with Gasteiger partial charge in [0.15, 0.2) is 17.8 Å². The van der Waals surface area contributed by atoms with Crippen molar-refractivity contribution < 1.29 is 14.7 Å². The van der Waals surface area contributed by atoms with Gasteiger partial charge in [-0.1, -0.05) is 42.5 Å². The maximum Gasteiger partial charge on any atom is 0.254 e. The SMILES string of the molecule is Nc1ncccc1-c1nc2ccc(-c3ccccc3)nc2n1-c1ccc(CN2CC3(C2)CN(C(=O)c2ccc(C=O)c(O)c2)C3)cc1. The number of imidazole rings is 1. The summed E-state index contributed by atoms with van der Waals surface area (Å²) in [6.45, 7) is 4.00. The molecule has 0 bridgehead atoms. The number of hydrogen-bond donors (Lipinski definition) is 2. The molecular formula is C37H31N7O3. The first kappa shape index (κ1) is 28.6. The molecule has 0 saturated carbocycles. The first-order valence-corrected chi connectivity index (χ1v) is 15.4. The maximum atomic E-state index is 12.9. The molecule has 2 fully saturated rings. The molecule has 0 unspecified atom stereocenters. The highest BCUT2D eigenvalue weighted by Crippen LogP contribution is 2.41. The van der Waals surface area contributed by atoms with Gasteiger partial charge in [-0.15, -0.1) is 0 Å². The topological polar surface area (TPSA) is 130 Å². The van der Waals surface area contributed by atoms with E-state index in [1.165, 1.54) is 17.7 Å². The summed E-state index contributed by atoms with van der Waals surface area (Å²) in [7, 11) is 0. The molecule has 2 aliphatic rings. The Bertz CT molecular complexity index is 2150. The second-order valence-corrected chi connectivity index (χ2v) is 12.5. The molecule has 1 spiro atoms. The summed E-state index contributed by atoms with van der Waals surface area (Å²) in [6.07, 6.45) is 2.25. The van der Waals surface area contributed by atoms with Gasteiger partial charge in [0.05, 0.1) is 16.8 Å². The van der Waals surface area contributed by atoms with Crippen LogP contribution in [0.4, 0.5) is 5.82 Å². The Morgan fingerprint density at radius 2 is 1.68 bits per heavy atom. The number of aromatic hydroxyl groups is 1. The fourth-order valence-corrected chi connectivity index (χ4v) is 6.85. The van der Waals surface area contributed by atoms with Crippen LogP contribution in [0.3, 0.4) is 0 Å². The van der Waals surface area contributed by atoms with Crippen LogP contribution >= 0.6 is 0 Å². The van der Waals surface area contributed by atoms with E-state index in [1.807, 2.05) is 59.2 Å². The van der Waals surface area contributed by atoms with Crippen molar-refractivity contribution in [2.45, 2.75) is 6.54 Å². The number of pyridine rings is 2. The van der Waals surface area contributed by atoms with Crippen molar-refractivity contribution in [2.24, 2.45) is 5.41 Å². The lowest BCUT2D eigenvalue weighted by Gasteiger charge is -2.60. The number of nitrogens with zero attached hydrogens (tertiary/aromatic N) is 6. The second kappa shape index (κ2) is 11.2. The van der Waals surface area contributed by atoms with Crippen molar-refractivity contribution in [1.29, 1.82) is 0 Å². The number of nitrogen functional groups attached to an aromatic ring is 1. The summed E-state index contributed by atoms with van der Waals surface area (Å²) in [5, 5.41) is 9.97. The minimum absolute atomic E-state index is 0.108. The molecule has 2 saturated heterocycles. The molecule has 47 heavy (non-hydrogen) atoms. The number of aromatic nitrogens is 4. The van der Waals surface area contributed by atoms with Crippen LogP contribution in [0.25, 0.3) is 39.5 Å². The van der Waals surface area contributed by atoms with Gasteiger partial charge in [-0.25, -0.2) is 15.0 Å². The Hall–Kier alpha value is -5.87. The summed E-state index contributed by atoms with van der Waals surface area (Å²) in [6, 6.07) is 30.7. The van der Waals surface area contributed by atoms with E-state index in [9.17, 15) is 14.7 Å². The number of rotatable bonds is 7. The summed E-state index contributed by atoms with van der Waals surface area (Å²) < 4.78 is 2.05. The first-order chi connectivity index (χ1) is 22.9. The van der Waals surface area contributed by atoms with Crippen LogP contribution in [-0.2, 0) is 6.54 Å². The van der Waals surface area contributed by atoms with E-state index in [1.54, 1.807) is 17.2 Å². The number of carbonyl (C=O) groups excluding carboxylic acids is 2. The molecule has 10 nitrogen and oxygen atoms in total. The highest BCUT2D eigenvalue weighted by atomic mass is 16.3. The molecular weight excluding hydrogens is 590 g/mol. The van der Waals surface area contributed by atoms with Crippen LogP contribution < -0.4 is 5.73 Å². The average molecular weight is 622 g/mol. The molecule has 2 aliphatic heterocycles. The van der Waals surface area contributed by atoms with Gasteiger partial charge in [0, 0.05) is 61.1 Å². The van der Waals surface area contributed by atoms with Gasteiger partial charge in [-0.05, 0) is 60.2 Å². The molecule has 0 atom stereocenters. The molecule has 5 heterocycles. The predicted molar refractivity (Wildman–Crippen MR) is 179 cm³/mol. The zero-order valence-corrected chi connectivity index (χ0v) is 25.5. The van der Waals surface area contributed by atoms with Crippen LogP contribution in [-0.4, -0.2) is 72.8 Å². The van der Waals surface area contributed by atoms with E-state index in [-0.39, 0.29) is 22.6 Å². The highest BCUT2D eigenvalue weighted by molar-refractivity contribution is 5.96. The zero-order valence-electron chi connectivity index (χ0n) is 25.5. The number of anilines is 1. The van der Waals surface area contributed by atoms with E-state index >= 15 is 0 Å². The molecule has 8 rings (SSSR count). The van der Waals surface area contributed by atoms with Gasteiger partial charge in [-0.2, -0.15) is 0 Å². The molecule has 0 radical (unpaired) electrons. The largest absolute Gasteiger partial charge is 0.507 e. The fraction of sp³-hybridized carbons (Fsp3) is 0.162. The number of phenols is 1. The summed E-state index contributed by atoms with van der Waals surface area (Å²) in [4.78, 5) is 42.4. The molecule has 232 valence electrons. The molecule has 0 aliphatic carbocycles. The number of aldehydes is 1. The van der Waals surface area contributed by atoms with E-state index < -0.39 is 0 Å². The van der Waals surface area contributed by atoms with Crippen LogP contribution in [0, 0.1) is 5.41 Å². The molecule has 3 aromatic heterocycles. The van der Waals surface area contributed by atoms with Gasteiger partial charge >= 0.3 is 0 Å². The highest BCUT2D eigenvalue weighted by Gasteiger charge is 2.52. The molecule has 3 aromatic carbocycles. The van der Waals surface area contributed by atoms with Gasteiger partial charge < -0.3 is 15.7 Å². The number of phenolic OH excluding ortho intramolecular Hbond substituents is 1. The Morgan fingerprint density at radius 1 is 0.894 bits per heavy atom. The van der Waals surface area contributed by atoms with Crippen molar-refractivity contribution in [2.75, 3.05) is 31.9 Å². The number of amides is 1. The van der Waals surface area contributed by atoms with Gasteiger partial charge in [0.1, 0.15) is 17.1 Å². The van der Waals surface area contributed by atoms with Crippen molar-refractivity contribution in [3.63, 3.8) is 0 Å². The first-order valence-electron chi connectivity index (χ1n) is 15.4. The quantitative estimate of drug-likeness (QED) is 0.233. The third kappa shape index (κ3) is 5.08. The Kier molecular flexibility index (Phi) is 6.80. The number of likely N-dealkylation sites (tertiary alicyclic amines) is 2. The maximum absolute atomic E-state index is 12.9. The number of carbonyl (C=O) groups is 2. The van der Waals surface area contributed by atoms with Gasteiger partial charge in [0.2, 0.25) is 0 Å². The van der Waals surface area contributed by atoms with E-state index in [0.717, 1.165) is 53.3 Å². The molecule has 3 N–H and O–H groups in total. The number of hydrogen-bond acceptors (Lipinski definition) is 8. The zero-order chi connectivity index (χ0) is 32.1. The van der Waals surface area contributed by atoms with E-state index in [4.69, 9.17) is 15.7 Å². The summed E-state index contributed by atoms with van der Waals surface area (Å²) >= 11 is 0. The monoisotopic (exact) mass is 621 g/mol. The second-order valence-electron chi connectivity index (χ2n) is 12.5. The lowest BCUT2D eigenvalue weighted by molar-refractivity contribution is -0.102. The Morgan fingerprint density at radius 3 is 2.40 bits per heavy atom. The minimum atomic E-state index is -0.172. The van der Waals surface area contributed by atoms with Crippen molar-refractivity contribution in [1.82, 2.24) is 29.3 Å². The Balaban J connectivity index is 0.995. The fourth-order valence-electron chi connectivity index (χ4n) is 6.85. The molecule has 10 heteroatoms. The smallest absolute Gasteiger partial charge is 0.254 e. The minimum Gasteiger partial charge on any atom is -0.507 e. The lowest BCUT2D eigenvalue weighted by atomic mass is 9.72. The number of nitrogens with two attached hydrogens (primary N) is 1. The number of fused-ring (bicyclic) bond motifs is 1. The van der Waals surface area contributed by atoms with Crippen molar-refractivity contribution in [3.05, 3.63) is 120 Å². The van der Waals surface area contributed by atoms with Crippen molar-refractivity contribution in [3.8, 4) is 34.1 Å². The van der Waals surface area contributed by atoms with Gasteiger partial charge in [0.25, 0.3) is 5.91 Å². The normalized spacial score (nSPS) is 15.4. The number of benzene rings is 3. The average Bonchev–Trinajstić information content (AvgIpc) is 3.44. The molecule has 1 amide bonds. The molecule has 6 aromatic rings. The van der Waals surface area contributed by atoms with Gasteiger partial charge in [-0.3, -0.25) is 19.1 Å². The van der Waals surface area contributed by atoms with Crippen LogP contribution in [0.2, 0.25) is 0 Å². The van der Waals surface area contributed by atoms with E-state index in [2.05, 4.69) is 34.1 Å². The standard InChI is InChI=1S/C37H31N7O3/c38-33-29(7-4-16-39-33)34-41-31-15-14-30(25-5-2-1-3-6-25)40-35(31)44(34)28-12-8-24(9-13-28)18-42-20-37(21-42)22-43(23-37)36(47)26-10-11-27(19-45)32(46)17-26/h1-17,19,46H,18,20-23H2,(H2,38,39). The third-order valence-electron chi connectivity index (χ3n) is 9.12. The summed E-state index contributed by atoms with van der Waals surface area (Å²) in [5.41, 5.74) is 13.2. The van der Waals surface area contributed by atoms with Crippen LogP contribution in [0.15, 0.2) is 103 Å². The predicted octanol–water partition coefficient (Wildman–Crippen LogP) is 5.21. The Labute approximate surface area is 270 Å². The van der Waals surface area contributed by atoms with E-state index in [0.29, 0.717) is 36.6 Å². The van der Waals surface area contributed by atoms with Crippen molar-refractivity contribution >= 4 is 29.2 Å². The lowest BCUT2D eigenvalue weighted by Crippen LogP contribution is -2.72. The third-order valence-corrected chi connectivity index (χ3v) is 9.12. The van der Waals surface area contributed by atoms with Crippen LogP contribution in [0.1, 0.15) is 26.3 Å². The van der Waals surface area contributed by atoms with Crippen LogP contribution in [0.5, 0.6) is 5.75 Å².